The van der Waals surface area contributed by atoms with Crippen LogP contribution in [-0.2, 0) is 6.54 Å². The van der Waals surface area contributed by atoms with Gasteiger partial charge in [0.05, 0.1) is 11.5 Å². The highest BCUT2D eigenvalue weighted by atomic mass is 127. The van der Waals surface area contributed by atoms with E-state index in [0.29, 0.717) is 11.8 Å². The van der Waals surface area contributed by atoms with Crippen molar-refractivity contribution >= 4 is 47.4 Å². The Kier molecular flexibility index (Phi) is 9.42. The normalized spacial score (nSPS) is 18.0. The van der Waals surface area contributed by atoms with Crippen molar-refractivity contribution in [2.45, 2.75) is 32.1 Å². The molecule has 6 nitrogen and oxygen atoms in total. The summed E-state index contributed by atoms with van der Waals surface area (Å²) in [5.41, 5.74) is 0.969. The molecular weight excluding hydrogens is 439 g/mol. The van der Waals surface area contributed by atoms with E-state index >= 15 is 0 Å². The second-order valence-electron chi connectivity index (χ2n) is 5.44. The number of guanidine groups is 1. The molecule has 8 heteroatoms. The summed E-state index contributed by atoms with van der Waals surface area (Å²) in [7, 11) is 0. The van der Waals surface area contributed by atoms with Gasteiger partial charge < -0.3 is 10.2 Å². The SMILES string of the molecule is CCNC(=NCc1cccc([N+](=O)[O-])c1)N1CCSC(CC)C1.I. The second kappa shape index (κ2) is 10.8. The number of nitro benzene ring substituents is 1. The summed E-state index contributed by atoms with van der Waals surface area (Å²) in [6.07, 6.45) is 1.16. The van der Waals surface area contributed by atoms with E-state index in [2.05, 4.69) is 29.1 Å². The maximum atomic E-state index is 10.9. The van der Waals surface area contributed by atoms with Crippen LogP contribution in [-0.4, -0.2) is 46.4 Å². The summed E-state index contributed by atoms with van der Waals surface area (Å²) in [4.78, 5) is 17.5. The zero-order chi connectivity index (χ0) is 16.7. The molecule has 0 saturated carbocycles. The van der Waals surface area contributed by atoms with Gasteiger partial charge in [0.25, 0.3) is 5.69 Å². The van der Waals surface area contributed by atoms with Gasteiger partial charge in [-0.3, -0.25) is 10.1 Å². The van der Waals surface area contributed by atoms with Crippen molar-refractivity contribution in [2.24, 2.45) is 4.99 Å². The molecule has 1 saturated heterocycles. The van der Waals surface area contributed by atoms with Crippen molar-refractivity contribution in [1.29, 1.82) is 0 Å². The Morgan fingerprint density at radius 2 is 2.29 bits per heavy atom. The molecule has 0 aliphatic carbocycles. The van der Waals surface area contributed by atoms with E-state index in [1.54, 1.807) is 12.1 Å². The van der Waals surface area contributed by atoms with Gasteiger partial charge in [0.15, 0.2) is 5.96 Å². The Balaban J connectivity index is 0.00000288. The highest BCUT2D eigenvalue weighted by Crippen LogP contribution is 2.21. The monoisotopic (exact) mass is 464 g/mol. The Bertz CT molecular complexity index is 571. The molecule has 0 spiro atoms. The molecule has 1 aliphatic heterocycles. The maximum absolute atomic E-state index is 10.9. The third kappa shape index (κ3) is 6.12. The van der Waals surface area contributed by atoms with Crippen LogP contribution in [0, 0.1) is 10.1 Å². The topological polar surface area (TPSA) is 70.8 Å². The average Bonchev–Trinajstić information content (AvgIpc) is 2.59. The number of nitro groups is 1. The van der Waals surface area contributed by atoms with E-state index in [9.17, 15) is 10.1 Å². The molecular formula is C16H25IN4O2S. The first kappa shape index (κ1) is 21.0. The maximum Gasteiger partial charge on any atom is 0.269 e. The first-order valence-electron chi connectivity index (χ1n) is 8.02. The zero-order valence-corrected chi connectivity index (χ0v) is 17.3. The Labute approximate surface area is 164 Å². The van der Waals surface area contributed by atoms with Crippen molar-refractivity contribution in [3.8, 4) is 0 Å². The molecule has 24 heavy (non-hydrogen) atoms. The number of thioether (sulfide) groups is 1. The van der Waals surface area contributed by atoms with Crippen LogP contribution in [0.3, 0.4) is 0 Å². The predicted molar refractivity (Wildman–Crippen MR) is 111 cm³/mol. The first-order valence-corrected chi connectivity index (χ1v) is 9.07. The summed E-state index contributed by atoms with van der Waals surface area (Å²) in [6.45, 7) is 7.52. The number of halogens is 1. The molecule has 134 valence electrons. The van der Waals surface area contributed by atoms with Crippen molar-refractivity contribution in [1.82, 2.24) is 10.2 Å². The van der Waals surface area contributed by atoms with Gasteiger partial charge >= 0.3 is 0 Å². The Morgan fingerprint density at radius 1 is 1.50 bits per heavy atom. The van der Waals surface area contributed by atoms with Crippen LogP contribution >= 0.6 is 35.7 Å². The number of nitrogens with one attached hydrogen (secondary N) is 1. The quantitative estimate of drug-likeness (QED) is 0.238. The Hall–Kier alpha value is -1.03. The second-order valence-corrected chi connectivity index (χ2v) is 6.85. The van der Waals surface area contributed by atoms with Gasteiger partial charge in [-0.05, 0) is 18.9 Å². The number of aliphatic imine (C=N–C) groups is 1. The molecule has 1 aromatic rings. The number of rotatable bonds is 5. The summed E-state index contributed by atoms with van der Waals surface area (Å²) < 4.78 is 0. The highest BCUT2D eigenvalue weighted by Gasteiger charge is 2.21. The zero-order valence-electron chi connectivity index (χ0n) is 14.1. The number of non-ortho nitro benzene ring substituents is 1. The van der Waals surface area contributed by atoms with Crippen LogP contribution in [0.1, 0.15) is 25.8 Å². The molecule has 0 bridgehead atoms. The molecule has 1 aliphatic rings. The van der Waals surface area contributed by atoms with Crippen molar-refractivity contribution in [3.63, 3.8) is 0 Å². The molecule has 1 N–H and O–H groups in total. The predicted octanol–water partition coefficient (Wildman–Crippen LogP) is 3.51. The molecule has 1 heterocycles. The fourth-order valence-electron chi connectivity index (χ4n) is 2.52. The molecule has 1 atom stereocenters. The number of hydrogen-bond acceptors (Lipinski definition) is 4. The smallest absolute Gasteiger partial charge is 0.269 e. The number of benzene rings is 1. The highest BCUT2D eigenvalue weighted by molar-refractivity contribution is 14.0. The first-order chi connectivity index (χ1) is 11.1. The summed E-state index contributed by atoms with van der Waals surface area (Å²) in [6, 6.07) is 6.68. The molecule has 1 fully saturated rings. The van der Waals surface area contributed by atoms with Crippen LogP contribution in [0.4, 0.5) is 5.69 Å². The molecule has 0 amide bonds. The van der Waals surface area contributed by atoms with Gasteiger partial charge in [-0.15, -0.1) is 24.0 Å². The molecule has 1 unspecified atom stereocenters. The van der Waals surface area contributed by atoms with Gasteiger partial charge in [0.1, 0.15) is 0 Å². The van der Waals surface area contributed by atoms with Crippen molar-refractivity contribution in [3.05, 3.63) is 39.9 Å². The minimum Gasteiger partial charge on any atom is -0.357 e. The van der Waals surface area contributed by atoms with E-state index in [1.165, 1.54) is 6.07 Å². The molecule has 0 aromatic heterocycles. The molecule has 0 radical (unpaired) electrons. The fraction of sp³-hybridized carbons (Fsp3) is 0.562. The van der Waals surface area contributed by atoms with Gasteiger partial charge in [-0.25, -0.2) is 4.99 Å². The van der Waals surface area contributed by atoms with Gasteiger partial charge in [-0.2, -0.15) is 11.8 Å². The van der Waals surface area contributed by atoms with E-state index in [-0.39, 0.29) is 34.6 Å². The minimum absolute atomic E-state index is 0. The van der Waals surface area contributed by atoms with Crippen LogP contribution in [0.15, 0.2) is 29.3 Å². The summed E-state index contributed by atoms with van der Waals surface area (Å²) in [5.74, 6) is 2.01. The van der Waals surface area contributed by atoms with Crippen molar-refractivity contribution in [2.75, 3.05) is 25.4 Å². The standard InChI is InChI=1S/C16H24N4O2S.HI/c1-3-15-12-19(8-9-23-15)16(17-4-2)18-11-13-6-5-7-14(10-13)20(21)22;/h5-7,10,15H,3-4,8-9,11-12H2,1-2H3,(H,17,18);1H. The van der Waals surface area contributed by atoms with Crippen molar-refractivity contribution < 1.29 is 4.92 Å². The Morgan fingerprint density at radius 3 is 2.96 bits per heavy atom. The average molecular weight is 464 g/mol. The van der Waals surface area contributed by atoms with E-state index in [0.717, 1.165) is 43.3 Å². The van der Waals surface area contributed by atoms with Gasteiger partial charge in [0, 0.05) is 42.8 Å². The van der Waals surface area contributed by atoms with Gasteiger partial charge in [0.2, 0.25) is 0 Å². The lowest BCUT2D eigenvalue weighted by Gasteiger charge is -2.34. The minimum atomic E-state index is -0.369. The molecule has 2 rings (SSSR count). The third-order valence-corrected chi connectivity index (χ3v) is 5.13. The fourth-order valence-corrected chi connectivity index (χ4v) is 3.70. The molecule has 1 aromatic carbocycles. The lowest BCUT2D eigenvalue weighted by atomic mass is 10.2. The third-order valence-electron chi connectivity index (χ3n) is 3.76. The van der Waals surface area contributed by atoms with E-state index in [1.807, 2.05) is 17.8 Å². The van der Waals surface area contributed by atoms with Crippen LogP contribution < -0.4 is 5.32 Å². The summed E-state index contributed by atoms with van der Waals surface area (Å²) in [5, 5.41) is 14.8. The summed E-state index contributed by atoms with van der Waals surface area (Å²) >= 11 is 2.02. The van der Waals surface area contributed by atoms with E-state index < -0.39 is 0 Å². The largest absolute Gasteiger partial charge is 0.357 e. The number of hydrogen-bond donors (Lipinski definition) is 1. The lowest BCUT2D eigenvalue weighted by Crippen LogP contribution is -2.48. The van der Waals surface area contributed by atoms with Crippen LogP contribution in [0.2, 0.25) is 0 Å². The van der Waals surface area contributed by atoms with Crippen LogP contribution in [0.5, 0.6) is 0 Å². The van der Waals surface area contributed by atoms with Crippen LogP contribution in [0.25, 0.3) is 0 Å². The lowest BCUT2D eigenvalue weighted by molar-refractivity contribution is -0.384. The van der Waals surface area contributed by atoms with Gasteiger partial charge in [-0.1, -0.05) is 19.1 Å². The van der Waals surface area contributed by atoms with E-state index in [4.69, 9.17) is 0 Å². The number of nitrogens with zero attached hydrogens (tertiary/aromatic N) is 3.